The zero-order valence-corrected chi connectivity index (χ0v) is 11.2. The Morgan fingerprint density at radius 2 is 2.18 bits per heavy atom. The van der Waals surface area contributed by atoms with Crippen molar-refractivity contribution in [3.8, 4) is 5.69 Å². The van der Waals surface area contributed by atoms with Crippen LogP contribution >= 0.6 is 15.9 Å². The topological polar surface area (TPSA) is 43.8 Å². The van der Waals surface area contributed by atoms with Crippen LogP contribution in [0.1, 0.15) is 18.4 Å². The number of aromatic nitrogens is 2. The molecule has 0 unspecified atom stereocenters. The average Bonchev–Trinajstić information content (AvgIpc) is 2.83. The highest BCUT2D eigenvalue weighted by molar-refractivity contribution is 9.10. The van der Waals surface area contributed by atoms with Crippen LogP contribution in [0.4, 0.5) is 0 Å². The highest BCUT2D eigenvalue weighted by atomic mass is 79.9. The van der Waals surface area contributed by atoms with Crippen LogP contribution < -0.4 is 5.73 Å². The molecule has 0 saturated heterocycles. The molecule has 0 bridgehead atoms. The first-order chi connectivity index (χ1) is 8.31. The third-order valence-corrected chi connectivity index (χ3v) is 3.35. The van der Waals surface area contributed by atoms with Crippen LogP contribution in [-0.4, -0.2) is 16.1 Å². The number of halogens is 1. The molecule has 0 saturated carbocycles. The summed E-state index contributed by atoms with van der Waals surface area (Å²) < 4.78 is 3.09. The van der Waals surface area contributed by atoms with E-state index in [1.807, 2.05) is 10.8 Å². The van der Waals surface area contributed by atoms with Crippen LogP contribution in [0.25, 0.3) is 5.69 Å². The Morgan fingerprint density at radius 1 is 1.29 bits per heavy atom. The molecule has 17 heavy (non-hydrogen) atoms. The van der Waals surface area contributed by atoms with Crippen LogP contribution in [-0.2, 0) is 6.42 Å². The Hall–Kier alpha value is -1.13. The molecule has 2 N–H and O–H groups in total. The predicted octanol–water partition coefficient (Wildman–Crippen LogP) is 2.92. The minimum absolute atomic E-state index is 0.772. The fourth-order valence-electron chi connectivity index (χ4n) is 1.79. The van der Waals surface area contributed by atoms with Gasteiger partial charge in [0.05, 0.1) is 12.0 Å². The van der Waals surface area contributed by atoms with Crippen molar-refractivity contribution in [2.45, 2.75) is 19.3 Å². The third kappa shape index (κ3) is 3.17. The number of rotatable bonds is 5. The molecule has 0 fully saturated rings. The van der Waals surface area contributed by atoms with Crippen molar-refractivity contribution >= 4 is 15.9 Å². The molecule has 0 spiro atoms. The molecule has 3 nitrogen and oxygen atoms in total. The summed E-state index contributed by atoms with van der Waals surface area (Å²) in [5, 5.41) is 0. The van der Waals surface area contributed by atoms with Crippen molar-refractivity contribution in [3.05, 3.63) is 47.0 Å². The maximum Gasteiger partial charge on any atom is 0.0992 e. The van der Waals surface area contributed by atoms with Crippen LogP contribution in [0, 0.1) is 0 Å². The first-order valence-electron chi connectivity index (χ1n) is 5.78. The SMILES string of the molecule is NCCCCc1ccc(-n2ccnc2)c(Br)c1. The number of nitrogens with two attached hydrogens (primary N) is 1. The van der Waals surface area contributed by atoms with Crippen molar-refractivity contribution in [1.29, 1.82) is 0 Å². The van der Waals surface area contributed by atoms with Gasteiger partial charge in [-0.05, 0) is 59.4 Å². The van der Waals surface area contributed by atoms with Gasteiger partial charge in [0.15, 0.2) is 0 Å². The van der Waals surface area contributed by atoms with Crippen molar-refractivity contribution in [1.82, 2.24) is 9.55 Å². The van der Waals surface area contributed by atoms with Crippen molar-refractivity contribution in [2.24, 2.45) is 5.73 Å². The summed E-state index contributed by atoms with van der Waals surface area (Å²) in [6, 6.07) is 6.45. The van der Waals surface area contributed by atoms with Crippen molar-refractivity contribution in [2.75, 3.05) is 6.54 Å². The largest absolute Gasteiger partial charge is 0.330 e. The van der Waals surface area contributed by atoms with Gasteiger partial charge in [-0.3, -0.25) is 0 Å². The van der Waals surface area contributed by atoms with Crippen LogP contribution in [0.5, 0.6) is 0 Å². The van der Waals surface area contributed by atoms with Gasteiger partial charge in [-0.2, -0.15) is 0 Å². The molecule has 2 rings (SSSR count). The van der Waals surface area contributed by atoms with E-state index in [-0.39, 0.29) is 0 Å². The highest BCUT2D eigenvalue weighted by Crippen LogP contribution is 2.23. The molecule has 0 aliphatic carbocycles. The fraction of sp³-hybridized carbons (Fsp3) is 0.308. The van der Waals surface area contributed by atoms with Gasteiger partial charge in [0.2, 0.25) is 0 Å². The summed E-state index contributed by atoms with van der Waals surface area (Å²) >= 11 is 3.60. The van der Waals surface area contributed by atoms with E-state index in [1.165, 1.54) is 5.56 Å². The number of benzene rings is 1. The van der Waals surface area contributed by atoms with E-state index < -0.39 is 0 Å². The van der Waals surface area contributed by atoms with E-state index >= 15 is 0 Å². The maximum atomic E-state index is 5.49. The van der Waals surface area contributed by atoms with E-state index in [9.17, 15) is 0 Å². The Bertz CT molecular complexity index is 466. The van der Waals surface area contributed by atoms with E-state index in [0.29, 0.717) is 0 Å². The molecule has 0 amide bonds. The van der Waals surface area contributed by atoms with E-state index in [1.54, 1.807) is 12.5 Å². The average molecular weight is 294 g/mol. The normalized spacial score (nSPS) is 10.7. The Morgan fingerprint density at radius 3 is 2.82 bits per heavy atom. The van der Waals surface area contributed by atoms with Gasteiger partial charge in [-0.15, -0.1) is 0 Å². The highest BCUT2D eigenvalue weighted by Gasteiger charge is 2.03. The lowest BCUT2D eigenvalue weighted by atomic mass is 10.1. The standard InChI is InChI=1S/C13H16BrN3/c14-12-9-11(3-1-2-6-15)4-5-13(12)17-8-7-16-10-17/h4-5,7-10H,1-3,6,15H2. The molecule has 4 heteroatoms. The van der Waals surface area contributed by atoms with Gasteiger partial charge in [-0.25, -0.2) is 4.98 Å². The van der Waals surface area contributed by atoms with Crippen LogP contribution in [0.2, 0.25) is 0 Å². The number of nitrogens with zero attached hydrogens (tertiary/aromatic N) is 2. The smallest absolute Gasteiger partial charge is 0.0992 e. The van der Waals surface area contributed by atoms with Gasteiger partial charge in [0, 0.05) is 16.9 Å². The zero-order chi connectivity index (χ0) is 12.1. The number of hydrogen-bond acceptors (Lipinski definition) is 2. The monoisotopic (exact) mass is 293 g/mol. The molecule has 1 aromatic carbocycles. The zero-order valence-electron chi connectivity index (χ0n) is 9.64. The second-order valence-corrected chi connectivity index (χ2v) is 4.86. The number of imidazole rings is 1. The van der Waals surface area contributed by atoms with Crippen molar-refractivity contribution < 1.29 is 0 Å². The summed E-state index contributed by atoms with van der Waals surface area (Å²) in [4.78, 5) is 4.05. The summed E-state index contributed by atoms with van der Waals surface area (Å²) in [5.74, 6) is 0. The first kappa shape index (κ1) is 12.3. The number of unbranched alkanes of at least 4 members (excludes halogenated alkanes) is 1. The minimum Gasteiger partial charge on any atom is -0.330 e. The Labute approximate surface area is 110 Å². The van der Waals surface area contributed by atoms with E-state index in [0.717, 1.165) is 36.0 Å². The summed E-state index contributed by atoms with van der Waals surface area (Å²) in [5.41, 5.74) is 7.95. The van der Waals surface area contributed by atoms with Gasteiger partial charge in [0.25, 0.3) is 0 Å². The summed E-state index contributed by atoms with van der Waals surface area (Å²) in [7, 11) is 0. The third-order valence-electron chi connectivity index (χ3n) is 2.71. The molecule has 0 aliphatic rings. The quantitative estimate of drug-likeness (QED) is 0.862. The molecule has 2 aromatic rings. The Kier molecular flexibility index (Phi) is 4.34. The molecule has 0 radical (unpaired) electrons. The number of hydrogen-bond donors (Lipinski definition) is 1. The fourth-order valence-corrected chi connectivity index (χ4v) is 2.42. The van der Waals surface area contributed by atoms with Crippen molar-refractivity contribution in [3.63, 3.8) is 0 Å². The molecule has 90 valence electrons. The second-order valence-electron chi connectivity index (χ2n) is 4.00. The van der Waals surface area contributed by atoms with Gasteiger partial charge in [0.1, 0.15) is 0 Å². The predicted molar refractivity (Wildman–Crippen MR) is 73.3 cm³/mol. The van der Waals surface area contributed by atoms with Gasteiger partial charge in [-0.1, -0.05) is 6.07 Å². The Balaban J connectivity index is 2.12. The molecular formula is C13H16BrN3. The van der Waals surface area contributed by atoms with E-state index in [2.05, 4.69) is 39.1 Å². The van der Waals surface area contributed by atoms with Crippen LogP contribution in [0.3, 0.4) is 0 Å². The maximum absolute atomic E-state index is 5.49. The molecule has 1 heterocycles. The second kappa shape index (κ2) is 5.98. The number of aryl methyl sites for hydroxylation is 1. The van der Waals surface area contributed by atoms with Crippen LogP contribution in [0.15, 0.2) is 41.4 Å². The minimum atomic E-state index is 0.772. The van der Waals surface area contributed by atoms with E-state index in [4.69, 9.17) is 5.73 Å². The lowest BCUT2D eigenvalue weighted by Crippen LogP contribution is -1.99. The summed E-state index contributed by atoms with van der Waals surface area (Å²) in [6.07, 6.45) is 8.83. The molecule has 0 atom stereocenters. The lowest BCUT2D eigenvalue weighted by molar-refractivity contribution is 0.744. The van der Waals surface area contributed by atoms with Gasteiger partial charge < -0.3 is 10.3 Å². The molecule has 0 aliphatic heterocycles. The molecular weight excluding hydrogens is 278 g/mol. The molecule has 1 aromatic heterocycles. The first-order valence-corrected chi connectivity index (χ1v) is 6.57. The summed E-state index contributed by atoms with van der Waals surface area (Å²) in [6.45, 7) is 0.772. The van der Waals surface area contributed by atoms with Gasteiger partial charge >= 0.3 is 0 Å². The lowest BCUT2D eigenvalue weighted by Gasteiger charge is -2.08.